The summed E-state index contributed by atoms with van der Waals surface area (Å²) < 4.78 is 0. The standard InChI is InChI=1S/C25H35N5O2S/c1-6-28(7-2)23-16-22(18(3)4)26-25(27-23)33-17-20-9-8-10-21(15-20)24(32)30-13-11-29(12-14-30)19(5)31/h8-10,15-16,18H,6-7,11-14,17H2,1-5H3. The first-order chi connectivity index (χ1) is 15.8. The van der Waals surface area contributed by atoms with Gasteiger partial charge in [0, 0.05) is 69.3 Å². The van der Waals surface area contributed by atoms with Crippen molar-refractivity contribution in [3.8, 4) is 0 Å². The van der Waals surface area contributed by atoms with Crippen LogP contribution in [0.1, 0.15) is 62.2 Å². The average Bonchev–Trinajstić information content (AvgIpc) is 2.83. The van der Waals surface area contributed by atoms with E-state index in [9.17, 15) is 9.59 Å². The third-order valence-electron chi connectivity index (χ3n) is 5.94. The summed E-state index contributed by atoms with van der Waals surface area (Å²) in [5.41, 5.74) is 2.80. The Labute approximate surface area is 201 Å². The van der Waals surface area contributed by atoms with Crippen molar-refractivity contribution in [2.75, 3.05) is 44.2 Å². The number of aromatic nitrogens is 2. The highest BCUT2D eigenvalue weighted by Crippen LogP contribution is 2.26. The molecular formula is C25H35N5O2S. The molecular weight excluding hydrogens is 434 g/mol. The van der Waals surface area contributed by atoms with Crippen LogP contribution in [0.3, 0.4) is 0 Å². The summed E-state index contributed by atoms with van der Waals surface area (Å²) in [5.74, 6) is 2.07. The highest BCUT2D eigenvalue weighted by molar-refractivity contribution is 7.98. The first-order valence-electron chi connectivity index (χ1n) is 11.7. The van der Waals surface area contributed by atoms with Gasteiger partial charge in [0.05, 0.1) is 0 Å². The molecule has 7 nitrogen and oxygen atoms in total. The summed E-state index contributed by atoms with van der Waals surface area (Å²) in [6.45, 7) is 14.3. The van der Waals surface area contributed by atoms with Crippen LogP contribution >= 0.6 is 11.8 Å². The Balaban J connectivity index is 1.70. The second kappa shape index (κ2) is 11.5. The Hall–Kier alpha value is -2.61. The average molecular weight is 470 g/mol. The van der Waals surface area contributed by atoms with Gasteiger partial charge >= 0.3 is 0 Å². The summed E-state index contributed by atoms with van der Waals surface area (Å²) in [6.07, 6.45) is 0. The minimum atomic E-state index is 0.0203. The van der Waals surface area contributed by atoms with Crippen molar-refractivity contribution in [3.05, 3.63) is 47.2 Å². The maximum Gasteiger partial charge on any atom is 0.253 e. The molecule has 1 saturated heterocycles. The van der Waals surface area contributed by atoms with E-state index in [2.05, 4.69) is 38.7 Å². The van der Waals surface area contributed by atoms with E-state index in [0.29, 0.717) is 43.4 Å². The number of thioether (sulfide) groups is 1. The van der Waals surface area contributed by atoms with Gasteiger partial charge in [-0.25, -0.2) is 9.97 Å². The van der Waals surface area contributed by atoms with Crippen molar-refractivity contribution in [1.82, 2.24) is 19.8 Å². The molecule has 1 fully saturated rings. The first-order valence-corrected chi connectivity index (χ1v) is 12.7. The molecule has 8 heteroatoms. The van der Waals surface area contributed by atoms with Gasteiger partial charge in [-0.05, 0) is 37.5 Å². The SMILES string of the molecule is CCN(CC)c1cc(C(C)C)nc(SCc2cccc(C(=O)N3CCN(C(C)=O)CC3)c2)n1. The van der Waals surface area contributed by atoms with E-state index in [0.717, 1.165) is 35.3 Å². The summed E-state index contributed by atoms with van der Waals surface area (Å²) in [5, 5.41) is 0.764. The lowest BCUT2D eigenvalue weighted by Crippen LogP contribution is -2.50. The zero-order valence-corrected chi connectivity index (χ0v) is 21.2. The number of rotatable bonds is 8. The highest BCUT2D eigenvalue weighted by atomic mass is 32.2. The van der Waals surface area contributed by atoms with E-state index in [1.807, 2.05) is 29.2 Å². The molecule has 1 aliphatic rings. The molecule has 178 valence electrons. The van der Waals surface area contributed by atoms with Gasteiger partial charge in [0.15, 0.2) is 5.16 Å². The maximum atomic E-state index is 13.0. The molecule has 1 aromatic carbocycles. The van der Waals surface area contributed by atoms with Crippen LogP contribution in [0.15, 0.2) is 35.5 Å². The molecule has 1 aromatic heterocycles. The minimum absolute atomic E-state index is 0.0203. The topological polar surface area (TPSA) is 69.6 Å². The van der Waals surface area contributed by atoms with Crippen molar-refractivity contribution in [2.24, 2.45) is 0 Å². The molecule has 0 unspecified atom stereocenters. The predicted molar refractivity (Wildman–Crippen MR) is 134 cm³/mol. The number of hydrogen-bond donors (Lipinski definition) is 0. The molecule has 33 heavy (non-hydrogen) atoms. The van der Waals surface area contributed by atoms with Crippen LogP contribution in [-0.4, -0.2) is 70.9 Å². The normalized spacial score (nSPS) is 14.0. The van der Waals surface area contributed by atoms with E-state index >= 15 is 0 Å². The largest absolute Gasteiger partial charge is 0.357 e. The number of benzene rings is 1. The van der Waals surface area contributed by atoms with Gasteiger partial charge in [0.1, 0.15) is 5.82 Å². The number of piperazine rings is 1. The second-order valence-electron chi connectivity index (χ2n) is 8.55. The summed E-state index contributed by atoms with van der Waals surface area (Å²) in [7, 11) is 0. The Bertz CT molecular complexity index is 969. The molecule has 0 atom stereocenters. The third-order valence-corrected chi connectivity index (χ3v) is 6.86. The number of carbonyl (C=O) groups is 2. The quantitative estimate of drug-likeness (QED) is 0.429. The molecule has 1 aliphatic heterocycles. The third kappa shape index (κ3) is 6.47. The first kappa shape index (κ1) is 25.0. The minimum Gasteiger partial charge on any atom is -0.357 e. The Morgan fingerprint density at radius 2 is 1.70 bits per heavy atom. The molecule has 0 radical (unpaired) electrons. The lowest BCUT2D eigenvalue weighted by atomic mass is 10.1. The highest BCUT2D eigenvalue weighted by Gasteiger charge is 2.23. The lowest BCUT2D eigenvalue weighted by Gasteiger charge is -2.34. The summed E-state index contributed by atoms with van der Waals surface area (Å²) in [6, 6.07) is 9.89. The fraction of sp³-hybridized carbons (Fsp3) is 0.520. The van der Waals surface area contributed by atoms with Gasteiger partial charge < -0.3 is 14.7 Å². The molecule has 3 rings (SSSR count). The van der Waals surface area contributed by atoms with Gasteiger partial charge in [-0.15, -0.1) is 0 Å². The van der Waals surface area contributed by atoms with E-state index in [1.165, 1.54) is 0 Å². The molecule has 0 saturated carbocycles. The van der Waals surface area contributed by atoms with Gasteiger partial charge in [-0.3, -0.25) is 9.59 Å². The van der Waals surface area contributed by atoms with Gasteiger partial charge in [-0.1, -0.05) is 37.7 Å². The van der Waals surface area contributed by atoms with Crippen LogP contribution in [-0.2, 0) is 10.5 Å². The number of hydrogen-bond acceptors (Lipinski definition) is 6. The number of amides is 2. The number of nitrogens with zero attached hydrogens (tertiary/aromatic N) is 5. The molecule has 2 heterocycles. The van der Waals surface area contributed by atoms with Crippen molar-refractivity contribution in [3.63, 3.8) is 0 Å². The van der Waals surface area contributed by atoms with Gasteiger partial charge in [0.25, 0.3) is 5.91 Å². The predicted octanol–water partition coefficient (Wildman–Crippen LogP) is 4.04. The molecule has 2 amide bonds. The smallest absolute Gasteiger partial charge is 0.253 e. The zero-order chi connectivity index (χ0) is 24.0. The summed E-state index contributed by atoms with van der Waals surface area (Å²) >= 11 is 1.60. The number of anilines is 1. The van der Waals surface area contributed by atoms with E-state index in [-0.39, 0.29) is 11.8 Å². The van der Waals surface area contributed by atoms with Crippen LogP contribution < -0.4 is 4.90 Å². The fourth-order valence-electron chi connectivity index (χ4n) is 3.85. The molecule has 2 aromatic rings. The van der Waals surface area contributed by atoms with Crippen molar-refractivity contribution in [1.29, 1.82) is 0 Å². The van der Waals surface area contributed by atoms with Crippen LogP contribution in [0, 0.1) is 0 Å². The number of carbonyl (C=O) groups excluding carboxylic acids is 2. The van der Waals surface area contributed by atoms with Crippen molar-refractivity contribution < 1.29 is 9.59 Å². The Morgan fingerprint density at radius 1 is 1.03 bits per heavy atom. The van der Waals surface area contributed by atoms with Crippen LogP contribution in [0.5, 0.6) is 0 Å². The molecule has 0 aliphatic carbocycles. The Morgan fingerprint density at radius 3 is 2.30 bits per heavy atom. The zero-order valence-electron chi connectivity index (χ0n) is 20.4. The molecule has 0 spiro atoms. The van der Waals surface area contributed by atoms with E-state index < -0.39 is 0 Å². The van der Waals surface area contributed by atoms with Crippen LogP contribution in [0.25, 0.3) is 0 Å². The molecule has 0 bridgehead atoms. The van der Waals surface area contributed by atoms with Crippen molar-refractivity contribution in [2.45, 2.75) is 51.4 Å². The van der Waals surface area contributed by atoms with Crippen molar-refractivity contribution >= 4 is 29.4 Å². The van der Waals surface area contributed by atoms with Crippen LogP contribution in [0.4, 0.5) is 5.82 Å². The molecule has 0 N–H and O–H groups in total. The maximum absolute atomic E-state index is 13.0. The fourth-order valence-corrected chi connectivity index (χ4v) is 4.65. The van der Waals surface area contributed by atoms with Crippen LogP contribution in [0.2, 0.25) is 0 Å². The monoisotopic (exact) mass is 469 g/mol. The van der Waals surface area contributed by atoms with E-state index in [4.69, 9.17) is 9.97 Å². The van der Waals surface area contributed by atoms with E-state index in [1.54, 1.807) is 23.6 Å². The second-order valence-corrected chi connectivity index (χ2v) is 9.49. The van der Waals surface area contributed by atoms with Gasteiger partial charge in [-0.2, -0.15) is 0 Å². The lowest BCUT2D eigenvalue weighted by molar-refractivity contribution is -0.130. The Kier molecular flexibility index (Phi) is 8.72. The van der Waals surface area contributed by atoms with Gasteiger partial charge in [0.2, 0.25) is 5.91 Å². The summed E-state index contributed by atoms with van der Waals surface area (Å²) in [4.78, 5) is 40.0.